The fourth-order valence-corrected chi connectivity index (χ4v) is 7.04. The predicted octanol–water partition coefficient (Wildman–Crippen LogP) is 4.67. The minimum absolute atomic E-state index is 0. The minimum Gasteiger partial charge on any atom is -1.00 e. The van der Waals surface area contributed by atoms with Crippen molar-refractivity contribution < 1.29 is 49.0 Å². The summed E-state index contributed by atoms with van der Waals surface area (Å²) < 4.78 is 1.51. The molecule has 3 heteroatoms. The van der Waals surface area contributed by atoms with Crippen molar-refractivity contribution in [3.63, 3.8) is 0 Å². The van der Waals surface area contributed by atoms with Crippen molar-refractivity contribution in [2.75, 3.05) is 0 Å². The van der Waals surface area contributed by atoms with Gasteiger partial charge in [0.05, 0.1) is 0 Å². The van der Waals surface area contributed by atoms with Crippen molar-refractivity contribution >= 4 is 19.9 Å². The zero-order valence-electron chi connectivity index (χ0n) is 27.9. The van der Waals surface area contributed by atoms with Crippen LogP contribution >= 0.6 is 0 Å². The van der Waals surface area contributed by atoms with E-state index in [1.54, 1.807) is 24.2 Å². The molecule has 0 saturated carbocycles. The molecule has 0 radical (unpaired) electrons. The van der Waals surface area contributed by atoms with E-state index in [9.17, 15) is 0 Å². The molecule has 0 aliphatic heterocycles. The quantitative estimate of drug-likeness (QED) is 0.254. The minimum atomic E-state index is 0. The van der Waals surface area contributed by atoms with Crippen LogP contribution in [0.15, 0.2) is 72.3 Å². The van der Waals surface area contributed by atoms with Crippen LogP contribution in [0.1, 0.15) is 108 Å². The van der Waals surface area contributed by atoms with Crippen molar-refractivity contribution in [3.05, 3.63) is 123 Å². The summed E-state index contributed by atoms with van der Waals surface area (Å²) in [6.45, 7) is 22.2. The number of fused-ring (bicyclic) bond motifs is 5. The van der Waals surface area contributed by atoms with Gasteiger partial charge in [-0.3, -0.25) is 12.2 Å². The number of hydrogen-bond acceptors (Lipinski definition) is 0. The van der Waals surface area contributed by atoms with Crippen molar-refractivity contribution in [3.8, 4) is 11.1 Å². The number of allylic oxidation sites excluding steroid dienone is 8. The predicted molar refractivity (Wildman–Crippen MR) is 179 cm³/mol. The fourth-order valence-electron chi connectivity index (χ4n) is 7.04. The van der Waals surface area contributed by atoms with Crippen LogP contribution < -0.4 is 24.8 Å². The van der Waals surface area contributed by atoms with Gasteiger partial charge < -0.3 is 24.8 Å². The Balaban J connectivity index is 0.000000236. The molecule has 3 aromatic carbocycles. The summed E-state index contributed by atoms with van der Waals surface area (Å²) in [5, 5.41) is 0. The average molecular weight is 699 g/mol. The third-order valence-electron chi connectivity index (χ3n) is 8.78. The third-order valence-corrected chi connectivity index (χ3v) is 8.78. The van der Waals surface area contributed by atoms with Crippen LogP contribution in [0.3, 0.4) is 0 Å². The second kappa shape index (κ2) is 13.7. The van der Waals surface area contributed by atoms with Crippen molar-refractivity contribution in [1.29, 1.82) is 0 Å². The van der Waals surface area contributed by atoms with E-state index in [1.807, 2.05) is 6.07 Å². The third kappa shape index (κ3) is 7.17. The van der Waals surface area contributed by atoms with Crippen LogP contribution in [0.4, 0.5) is 0 Å². The van der Waals surface area contributed by atoms with Gasteiger partial charge in [-0.15, -0.1) is 17.2 Å². The van der Waals surface area contributed by atoms with E-state index in [0.717, 1.165) is 6.42 Å². The molecule has 0 spiro atoms. The second-order valence-electron chi connectivity index (χ2n) is 13.7. The normalized spacial score (nSPS) is 18.6. The second-order valence-corrected chi connectivity index (χ2v) is 16.2. The molecule has 1 unspecified atom stereocenters. The van der Waals surface area contributed by atoms with E-state index in [0.29, 0.717) is 5.92 Å². The van der Waals surface area contributed by atoms with Crippen molar-refractivity contribution in [2.45, 2.75) is 86.5 Å². The van der Waals surface area contributed by atoms with E-state index >= 15 is 0 Å². The summed E-state index contributed by atoms with van der Waals surface area (Å²) >= 11 is 1.55. The number of halogens is 2. The Morgan fingerprint density at radius 3 is 1.86 bits per heavy atom. The fraction of sp³-hybridized carbons (Fsp3) is 0.341. The molecule has 1 atom stereocenters. The molecule has 228 valence electrons. The molecule has 44 heavy (non-hydrogen) atoms. The molecule has 0 nitrogen and oxygen atoms in total. The van der Waals surface area contributed by atoms with Gasteiger partial charge in [0.2, 0.25) is 0 Å². The average Bonchev–Trinajstić information content (AvgIpc) is 3.57. The van der Waals surface area contributed by atoms with Gasteiger partial charge in [0, 0.05) is 5.41 Å². The summed E-state index contributed by atoms with van der Waals surface area (Å²) in [4.78, 5) is 0. The van der Waals surface area contributed by atoms with E-state index in [2.05, 4.69) is 142 Å². The Morgan fingerprint density at radius 2 is 1.32 bits per heavy atom. The Kier molecular flexibility index (Phi) is 11.4. The molecule has 3 aromatic rings. The molecule has 0 bridgehead atoms. The summed E-state index contributed by atoms with van der Waals surface area (Å²) in [5.74, 6) is 0.468. The van der Waals surface area contributed by atoms with Gasteiger partial charge >= 0.3 is 41.3 Å². The summed E-state index contributed by atoms with van der Waals surface area (Å²) in [7, 11) is 0. The van der Waals surface area contributed by atoms with Crippen LogP contribution in [0.5, 0.6) is 0 Å². The van der Waals surface area contributed by atoms with Gasteiger partial charge in [-0.1, -0.05) is 108 Å². The zero-order valence-corrected chi connectivity index (χ0v) is 31.9. The Hall–Kier alpha value is -2.05. The molecule has 4 aliphatic carbocycles. The molecule has 7 rings (SSSR count). The SMILES string of the molecule is CC1=[C-]C(C)(C)c2cc3c(cc21)-c1cc2c(cc1C3)C(C)(C)C=C2C.CC1=[C-]C(C)C=C1c1ccccc1.C[C](C)=[Zr+2].[Cl-].[Cl-]. The van der Waals surface area contributed by atoms with Gasteiger partial charge in [-0.2, -0.15) is 17.2 Å². The Morgan fingerprint density at radius 1 is 0.773 bits per heavy atom. The molecule has 0 amide bonds. The van der Waals surface area contributed by atoms with Crippen molar-refractivity contribution in [1.82, 2.24) is 0 Å². The molecule has 0 aromatic heterocycles. The summed E-state index contributed by atoms with van der Waals surface area (Å²) in [6.07, 6.45) is 12.8. The van der Waals surface area contributed by atoms with Crippen molar-refractivity contribution in [2.24, 2.45) is 5.92 Å². The molecule has 0 heterocycles. The van der Waals surface area contributed by atoms with Gasteiger partial charge in [-0.05, 0) is 58.4 Å². The van der Waals surface area contributed by atoms with E-state index in [1.165, 1.54) is 75.6 Å². The molecule has 0 saturated heterocycles. The smallest absolute Gasteiger partial charge is 1.00 e. The first kappa shape index (κ1) is 36.4. The van der Waals surface area contributed by atoms with E-state index in [-0.39, 0.29) is 35.6 Å². The summed E-state index contributed by atoms with van der Waals surface area (Å²) in [5.41, 5.74) is 18.5. The largest absolute Gasteiger partial charge is 1.00 e. The number of rotatable bonds is 1. The first-order valence-electron chi connectivity index (χ1n) is 15.2. The van der Waals surface area contributed by atoms with Crippen LogP contribution in [0, 0.1) is 18.1 Å². The maximum Gasteiger partial charge on any atom is -1.00 e. The first-order chi connectivity index (χ1) is 19.7. The number of hydrogen-bond donors (Lipinski definition) is 0. The van der Waals surface area contributed by atoms with Gasteiger partial charge in [0.15, 0.2) is 0 Å². The maximum atomic E-state index is 3.65. The Labute approximate surface area is 294 Å². The van der Waals surface area contributed by atoms with E-state index < -0.39 is 0 Å². The topological polar surface area (TPSA) is 0 Å². The number of benzene rings is 3. The zero-order chi connectivity index (χ0) is 30.6. The van der Waals surface area contributed by atoms with Crippen LogP contribution in [-0.4, -0.2) is 3.21 Å². The first-order valence-corrected chi connectivity index (χ1v) is 16.5. The van der Waals surface area contributed by atoms with Crippen LogP contribution in [0.25, 0.3) is 27.8 Å². The molecule has 4 aliphatic rings. The Bertz CT molecular complexity index is 1620. The standard InChI is InChI=1S/C25H25.C13H13.C3H6.2ClH.Zr/c1-14-12-24(3,4)22-8-16-7-17-9-23-19(15(2)13-25(23,5)6)11-21(17)20(16)10-18(14)22;1-10-8-11(2)13(9-10)12-6-4-3-5-7-12;1-3-2;;;/h8-12H,7H2,1-6H3;3-7,9-10H,1-2H3;1-2H3;2*1H;/q2*-1;;;;+2/p-2. The monoisotopic (exact) mass is 696 g/mol. The van der Waals surface area contributed by atoms with Gasteiger partial charge in [-0.25, -0.2) is 11.1 Å². The molecular weight excluding hydrogens is 655 g/mol. The van der Waals surface area contributed by atoms with E-state index in [4.69, 9.17) is 0 Å². The van der Waals surface area contributed by atoms with Gasteiger partial charge in [0.1, 0.15) is 0 Å². The maximum absolute atomic E-state index is 3.65. The molecular formula is C41H44Cl2Zr-2. The summed E-state index contributed by atoms with van der Waals surface area (Å²) in [6, 6.07) is 20.3. The molecule has 0 N–H and O–H groups in total. The van der Waals surface area contributed by atoms with Gasteiger partial charge in [0.25, 0.3) is 0 Å². The molecule has 0 fully saturated rings. The van der Waals surface area contributed by atoms with Crippen LogP contribution in [-0.2, 0) is 41.5 Å². The van der Waals surface area contributed by atoms with Crippen LogP contribution in [0.2, 0.25) is 0 Å².